The summed E-state index contributed by atoms with van der Waals surface area (Å²) in [7, 11) is 0. The third kappa shape index (κ3) is 5.85. The highest BCUT2D eigenvalue weighted by Gasteiger charge is 2.17. The summed E-state index contributed by atoms with van der Waals surface area (Å²) in [6.45, 7) is 1.85. The molecule has 0 spiro atoms. The Balaban J connectivity index is 1.83. The largest absolute Gasteiger partial charge is 0.341 e. The van der Waals surface area contributed by atoms with Gasteiger partial charge in [-0.25, -0.2) is 5.43 Å². The average molecular weight is 315 g/mol. The van der Waals surface area contributed by atoms with Gasteiger partial charge in [0, 0.05) is 5.71 Å². The van der Waals surface area contributed by atoms with Crippen molar-refractivity contribution in [1.29, 1.82) is 0 Å². The SMILES string of the molecule is C[C@@H](NC(=O)C(=O)NN=C1CCCCCCC1)c1ccccc1. The van der Waals surface area contributed by atoms with E-state index in [-0.39, 0.29) is 6.04 Å². The maximum Gasteiger partial charge on any atom is 0.329 e. The van der Waals surface area contributed by atoms with Crippen LogP contribution in [0.3, 0.4) is 0 Å². The normalized spacial score (nSPS) is 16.7. The van der Waals surface area contributed by atoms with Gasteiger partial charge < -0.3 is 5.32 Å². The van der Waals surface area contributed by atoms with Crippen LogP contribution < -0.4 is 10.7 Å². The smallest absolute Gasteiger partial charge is 0.329 e. The highest BCUT2D eigenvalue weighted by Crippen LogP contribution is 2.14. The second-order valence-electron chi connectivity index (χ2n) is 5.99. The first kappa shape index (κ1) is 17.2. The standard InChI is InChI=1S/C18H25N3O2/c1-14(15-10-6-5-7-11-15)19-17(22)18(23)21-20-16-12-8-3-2-4-9-13-16/h5-7,10-11,14H,2-4,8-9,12-13H2,1H3,(H,19,22)(H,21,23)/t14-/m1/s1. The molecule has 0 radical (unpaired) electrons. The van der Waals surface area contributed by atoms with E-state index in [2.05, 4.69) is 15.8 Å². The molecule has 0 unspecified atom stereocenters. The molecular weight excluding hydrogens is 290 g/mol. The molecule has 0 heterocycles. The first-order valence-corrected chi connectivity index (χ1v) is 8.38. The van der Waals surface area contributed by atoms with Gasteiger partial charge in [0.05, 0.1) is 6.04 Å². The minimum absolute atomic E-state index is 0.219. The quantitative estimate of drug-likeness (QED) is 0.664. The van der Waals surface area contributed by atoms with Crippen molar-refractivity contribution in [2.75, 3.05) is 0 Å². The lowest BCUT2D eigenvalue weighted by Gasteiger charge is -2.14. The summed E-state index contributed by atoms with van der Waals surface area (Å²) in [6, 6.07) is 9.33. The molecule has 23 heavy (non-hydrogen) atoms. The molecule has 1 atom stereocenters. The Kier molecular flexibility index (Phi) is 6.78. The summed E-state index contributed by atoms with van der Waals surface area (Å²) in [5.74, 6) is -1.36. The number of amides is 2. The minimum atomic E-state index is -0.706. The van der Waals surface area contributed by atoms with Gasteiger partial charge in [0.15, 0.2) is 0 Å². The van der Waals surface area contributed by atoms with E-state index in [0.29, 0.717) is 0 Å². The topological polar surface area (TPSA) is 70.6 Å². The van der Waals surface area contributed by atoms with Crippen molar-refractivity contribution >= 4 is 17.5 Å². The van der Waals surface area contributed by atoms with E-state index < -0.39 is 11.8 Å². The van der Waals surface area contributed by atoms with Gasteiger partial charge in [0.2, 0.25) is 0 Å². The molecule has 2 rings (SSSR count). The summed E-state index contributed by atoms with van der Waals surface area (Å²) < 4.78 is 0. The lowest BCUT2D eigenvalue weighted by atomic mass is 9.99. The van der Waals surface area contributed by atoms with Crippen molar-refractivity contribution in [1.82, 2.24) is 10.7 Å². The van der Waals surface area contributed by atoms with Gasteiger partial charge in [-0.15, -0.1) is 0 Å². The first-order chi connectivity index (χ1) is 11.2. The molecule has 0 aliphatic heterocycles. The molecule has 0 aromatic heterocycles. The molecule has 124 valence electrons. The molecular formula is C18H25N3O2. The Hall–Kier alpha value is -2.17. The molecule has 2 amide bonds. The highest BCUT2D eigenvalue weighted by molar-refractivity contribution is 6.35. The van der Waals surface area contributed by atoms with Gasteiger partial charge in [0.25, 0.3) is 0 Å². The van der Waals surface area contributed by atoms with Crippen LogP contribution in [0.1, 0.15) is 63.5 Å². The third-order valence-corrected chi connectivity index (χ3v) is 4.10. The number of nitrogens with one attached hydrogen (secondary N) is 2. The summed E-state index contributed by atoms with van der Waals surface area (Å²) in [5, 5.41) is 6.83. The predicted molar refractivity (Wildman–Crippen MR) is 90.9 cm³/mol. The van der Waals surface area contributed by atoms with E-state index in [1.54, 1.807) is 0 Å². The van der Waals surface area contributed by atoms with Crippen LogP contribution in [0.15, 0.2) is 35.4 Å². The van der Waals surface area contributed by atoms with Crippen molar-refractivity contribution in [2.45, 2.75) is 57.9 Å². The van der Waals surface area contributed by atoms with Crippen LogP contribution in [-0.2, 0) is 9.59 Å². The Morgan fingerprint density at radius 2 is 1.57 bits per heavy atom. The number of carbonyl (C=O) groups excluding carboxylic acids is 2. The number of nitrogens with zero attached hydrogens (tertiary/aromatic N) is 1. The maximum atomic E-state index is 11.9. The molecule has 2 N–H and O–H groups in total. The van der Waals surface area contributed by atoms with Crippen LogP contribution >= 0.6 is 0 Å². The van der Waals surface area contributed by atoms with Crippen LogP contribution in [0.4, 0.5) is 0 Å². The lowest BCUT2D eigenvalue weighted by molar-refractivity contribution is -0.139. The summed E-state index contributed by atoms with van der Waals surface area (Å²) in [4.78, 5) is 23.8. The zero-order valence-corrected chi connectivity index (χ0v) is 13.7. The van der Waals surface area contributed by atoms with E-state index >= 15 is 0 Å². The molecule has 5 heteroatoms. The zero-order chi connectivity index (χ0) is 16.5. The number of rotatable bonds is 3. The number of hydrogen-bond acceptors (Lipinski definition) is 3. The zero-order valence-electron chi connectivity index (χ0n) is 13.7. The van der Waals surface area contributed by atoms with Gasteiger partial charge in [-0.1, -0.05) is 49.6 Å². The van der Waals surface area contributed by atoms with E-state index in [9.17, 15) is 9.59 Å². The van der Waals surface area contributed by atoms with E-state index in [1.807, 2.05) is 37.3 Å². The van der Waals surface area contributed by atoms with Crippen molar-refractivity contribution in [3.8, 4) is 0 Å². The lowest BCUT2D eigenvalue weighted by Crippen LogP contribution is -2.39. The van der Waals surface area contributed by atoms with Gasteiger partial charge in [-0.05, 0) is 38.2 Å². The molecule has 5 nitrogen and oxygen atoms in total. The maximum absolute atomic E-state index is 11.9. The molecule has 1 aromatic carbocycles. The molecule has 0 bridgehead atoms. The van der Waals surface area contributed by atoms with Crippen LogP contribution in [0.25, 0.3) is 0 Å². The number of carbonyl (C=O) groups is 2. The summed E-state index contributed by atoms with van der Waals surface area (Å²) in [5.41, 5.74) is 4.34. The van der Waals surface area contributed by atoms with Gasteiger partial charge >= 0.3 is 11.8 Å². The second-order valence-corrected chi connectivity index (χ2v) is 5.99. The average Bonchev–Trinajstić information content (AvgIpc) is 2.54. The molecule has 0 saturated heterocycles. The molecule has 1 saturated carbocycles. The Morgan fingerprint density at radius 3 is 2.22 bits per heavy atom. The Labute approximate surface area is 137 Å². The van der Waals surface area contributed by atoms with Crippen LogP contribution in [0, 0.1) is 0 Å². The molecule has 1 fully saturated rings. The van der Waals surface area contributed by atoms with Gasteiger partial charge in [0.1, 0.15) is 0 Å². The molecule has 1 aliphatic carbocycles. The first-order valence-electron chi connectivity index (χ1n) is 8.38. The van der Waals surface area contributed by atoms with Crippen molar-refractivity contribution in [3.63, 3.8) is 0 Å². The molecule has 1 aliphatic rings. The fourth-order valence-corrected chi connectivity index (χ4v) is 2.69. The highest BCUT2D eigenvalue weighted by atomic mass is 16.2. The Morgan fingerprint density at radius 1 is 0.957 bits per heavy atom. The van der Waals surface area contributed by atoms with Gasteiger partial charge in [-0.2, -0.15) is 5.10 Å². The summed E-state index contributed by atoms with van der Waals surface area (Å²) >= 11 is 0. The fourth-order valence-electron chi connectivity index (χ4n) is 2.69. The van der Waals surface area contributed by atoms with E-state index in [0.717, 1.165) is 37.0 Å². The summed E-state index contributed by atoms with van der Waals surface area (Å²) in [6.07, 6.45) is 7.71. The number of benzene rings is 1. The monoisotopic (exact) mass is 315 g/mol. The third-order valence-electron chi connectivity index (χ3n) is 4.10. The van der Waals surface area contributed by atoms with Crippen molar-refractivity contribution < 1.29 is 9.59 Å². The number of hydrogen-bond donors (Lipinski definition) is 2. The minimum Gasteiger partial charge on any atom is -0.341 e. The second kappa shape index (κ2) is 9.08. The Bertz CT molecular complexity index is 545. The van der Waals surface area contributed by atoms with Crippen molar-refractivity contribution in [3.05, 3.63) is 35.9 Å². The van der Waals surface area contributed by atoms with Gasteiger partial charge in [-0.3, -0.25) is 9.59 Å². The van der Waals surface area contributed by atoms with Crippen LogP contribution in [-0.4, -0.2) is 17.5 Å². The van der Waals surface area contributed by atoms with Crippen LogP contribution in [0.2, 0.25) is 0 Å². The van der Waals surface area contributed by atoms with E-state index in [1.165, 1.54) is 19.3 Å². The fraction of sp³-hybridized carbons (Fsp3) is 0.500. The molecule has 1 aromatic rings. The number of hydrazone groups is 1. The van der Waals surface area contributed by atoms with Crippen LogP contribution in [0.5, 0.6) is 0 Å². The van der Waals surface area contributed by atoms with E-state index in [4.69, 9.17) is 0 Å². The predicted octanol–water partition coefficient (Wildman–Crippen LogP) is 3.08. The van der Waals surface area contributed by atoms with Crippen molar-refractivity contribution in [2.24, 2.45) is 5.10 Å².